The van der Waals surface area contributed by atoms with Gasteiger partial charge in [0.05, 0.1) is 18.4 Å². The number of hydrogen-bond acceptors (Lipinski definition) is 4. The molecule has 0 aromatic carbocycles. The minimum Gasteiger partial charge on any atom is -0.491 e. The fourth-order valence-electron chi connectivity index (χ4n) is 1.42. The largest absolute Gasteiger partial charge is 0.491 e. The van der Waals surface area contributed by atoms with Gasteiger partial charge in [0.2, 0.25) is 0 Å². The van der Waals surface area contributed by atoms with Gasteiger partial charge in [-0.3, -0.25) is 4.79 Å². The Morgan fingerprint density at radius 1 is 1.47 bits per heavy atom. The number of aldehydes is 1. The topological polar surface area (TPSA) is 52.1 Å². The van der Waals surface area contributed by atoms with Crippen molar-refractivity contribution in [2.75, 3.05) is 6.61 Å². The number of carbonyl (C=O) groups excluding carboxylic acids is 1. The molecule has 2 aromatic rings. The van der Waals surface area contributed by atoms with Crippen LogP contribution in [0.1, 0.15) is 17.3 Å². The van der Waals surface area contributed by atoms with E-state index in [0.717, 1.165) is 11.7 Å². The van der Waals surface area contributed by atoms with E-state index in [1.165, 1.54) is 6.20 Å². The smallest absolute Gasteiger partial charge is 0.160 e. The standard InChI is InChI=1S/C11H10N2O2/c1-2-15-10-6-13-11-8(9(10)7-14)4-3-5-12-11/h3-7H,2H2,1H3. The van der Waals surface area contributed by atoms with Crippen molar-refractivity contribution in [1.82, 2.24) is 9.97 Å². The molecule has 2 heterocycles. The van der Waals surface area contributed by atoms with Crippen molar-refractivity contribution in [2.45, 2.75) is 6.92 Å². The summed E-state index contributed by atoms with van der Waals surface area (Å²) >= 11 is 0. The fourth-order valence-corrected chi connectivity index (χ4v) is 1.42. The quantitative estimate of drug-likeness (QED) is 0.712. The number of rotatable bonds is 3. The number of nitrogens with zero attached hydrogens (tertiary/aromatic N) is 2. The summed E-state index contributed by atoms with van der Waals surface area (Å²) in [5.41, 5.74) is 1.07. The predicted octanol–water partition coefficient (Wildman–Crippen LogP) is 1.84. The number of fused-ring (bicyclic) bond motifs is 1. The molecule has 0 fully saturated rings. The molecular weight excluding hydrogens is 192 g/mol. The molecule has 15 heavy (non-hydrogen) atoms. The second-order valence-corrected chi connectivity index (χ2v) is 2.96. The third-order valence-electron chi connectivity index (χ3n) is 2.06. The van der Waals surface area contributed by atoms with Gasteiger partial charge in [-0.2, -0.15) is 0 Å². The first-order chi connectivity index (χ1) is 7.36. The molecule has 0 aliphatic heterocycles. The Morgan fingerprint density at radius 2 is 2.33 bits per heavy atom. The first-order valence-electron chi connectivity index (χ1n) is 4.68. The van der Waals surface area contributed by atoms with Crippen LogP contribution in [-0.4, -0.2) is 22.9 Å². The highest BCUT2D eigenvalue weighted by molar-refractivity contribution is 5.97. The van der Waals surface area contributed by atoms with Gasteiger partial charge in [0.1, 0.15) is 5.75 Å². The summed E-state index contributed by atoms with van der Waals surface area (Å²) in [6.07, 6.45) is 3.95. The van der Waals surface area contributed by atoms with Crippen molar-refractivity contribution in [2.24, 2.45) is 0 Å². The Bertz CT molecular complexity index is 497. The van der Waals surface area contributed by atoms with Crippen molar-refractivity contribution in [1.29, 1.82) is 0 Å². The lowest BCUT2D eigenvalue weighted by atomic mass is 10.1. The van der Waals surface area contributed by atoms with Gasteiger partial charge in [0.25, 0.3) is 0 Å². The van der Waals surface area contributed by atoms with Crippen LogP contribution in [0.15, 0.2) is 24.5 Å². The maximum absolute atomic E-state index is 11.0. The van der Waals surface area contributed by atoms with Crippen molar-refractivity contribution < 1.29 is 9.53 Å². The fraction of sp³-hybridized carbons (Fsp3) is 0.182. The van der Waals surface area contributed by atoms with Gasteiger partial charge in [-0.05, 0) is 19.1 Å². The molecule has 0 saturated carbocycles. The third-order valence-corrected chi connectivity index (χ3v) is 2.06. The summed E-state index contributed by atoms with van der Waals surface area (Å²) in [5, 5.41) is 0.721. The first kappa shape index (κ1) is 9.58. The Kier molecular flexibility index (Phi) is 2.58. The molecule has 0 aliphatic carbocycles. The average molecular weight is 202 g/mol. The molecule has 0 bridgehead atoms. The maximum Gasteiger partial charge on any atom is 0.160 e. The van der Waals surface area contributed by atoms with Crippen molar-refractivity contribution in [3.63, 3.8) is 0 Å². The summed E-state index contributed by atoms with van der Waals surface area (Å²) < 4.78 is 5.31. The predicted molar refractivity (Wildman–Crippen MR) is 56.1 cm³/mol. The second kappa shape index (κ2) is 4.04. The second-order valence-electron chi connectivity index (χ2n) is 2.96. The molecule has 0 unspecified atom stereocenters. The van der Waals surface area contributed by atoms with Gasteiger partial charge >= 0.3 is 0 Å². The Labute approximate surface area is 86.9 Å². The monoisotopic (exact) mass is 202 g/mol. The minimum atomic E-state index is 0.507. The van der Waals surface area contributed by atoms with Crippen LogP contribution >= 0.6 is 0 Å². The summed E-state index contributed by atoms with van der Waals surface area (Å²) in [6.45, 7) is 2.37. The Hall–Kier alpha value is -1.97. The molecule has 0 radical (unpaired) electrons. The lowest BCUT2D eigenvalue weighted by Crippen LogP contribution is -1.98. The molecule has 0 saturated heterocycles. The van der Waals surface area contributed by atoms with Crippen LogP contribution in [0.4, 0.5) is 0 Å². The summed E-state index contributed by atoms with van der Waals surface area (Å²) in [5.74, 6) is 0.507. The van der Waals surface area contributed by atoms with E-state index in [9.17, 15) is 4.79 Å². The van der Waals surface area contributed by atoms with E-state index in [0.29, 0.717) is 23.6 Å². The van der Waals surface area contributed by atoms with Crippen molar-refractivity contribution in [3.05, 3.63) is 30.1 Å². The lowest BCUT2D eigenvalue weighted by Gasteiger charge is -2.07. The van der Waals surface area contributed by atoms with E-state index in [4.69, 9.17) is 4.74 Å². The molecule has 2 aromatic heterocycles. The van der Waals surface area contributed by atoms with Crippen molar-refractivity contribution >= 4 is 17.3 Å². The Morgan fingerprint density at radius 3 is 3.07 bits per heavy atom. The van der Waals surface area contributed by atoms with Gasteiger partial charge in [-0.15, -0.1) is 0 Å². The highest BCUT2D eigenvalue weighted by atomic mass is 16.5. The van der Waals surface area contributed by atoms with E-state index in [-0.39, 0.29) is 0 Å². The molecule has 0 aliphatic rings. The maximum atomic E-state index is 11.0. The van der Waals surface area contributed by atoms with Crippen LogP contribution < -0.4 is 4.74 Å². The number of carbonyl (C=O) groups is 1. The molecule has 0 spiro atoms. The van der Waals surface area contributed by atoms with Crippen LogP contribution in [0.25, 0.3) is 11.0 Å². The lowest BCUT2D eigenvalue weighted by molar-refractivity contribution is 0.112. The summed E-state index contributed by atoms with van der Waals surface area (Å²) in [6, 6.07) is 3.58. The highest BCUT2D eigenvalue weighted by Gasteiger charge is 2.08. The number of pyridine rings is 2. The molecular formula is C11H10N2O2. The first-order valence-corrected chi connectivity index (χ1v) is 4.68. The van der Waals surface area contributed by atoms with E-state index in [2.05, 4.69) is 9.97 Å². The SMILES string of the molecule is CCOc1cnc2ncccc2c1C=O. The minimum absolute atomic E-state index is 0.507. The average Bonchev–Trinajstić information content (AvgIpc) is 2.29. The zero-order chi connectivity index (χ0) is 10.7. The number of ether oxygens (including phenoxy) is 1. The van der Waals surface area contributed by atoms with Crippen LogP contribution in [0.3, 0.4) is 0 Å². The van der Waals surface area contributed by atoms with Crippen LogP contribution in [0.5, 0.6) is 5.75 Å². The normalized spacial score (nSPS) is 10.2. The van der Waals surface area contributed by atoms with E-state index < -0.39 is 0 Å². The van der Waals surface area contributed by atoms with Crippen LogP contribution in [0, 0.1) is 0 Å². The highest BCUT2D eigenvalue weighted by Crippen LogP contribution is 2.22. The van der Waals surface area contributed by atoms with Crippen molar-refractivity contribution in [3.8, 4) is 5.75 Å². The van der Waals surface area contributed by atoms with E-state index in [1.54, 1.807) is 12.3 Å². The molecule has 0 atom stereocenters. The van der Waals surface area contributed by atoms with Gasteiger partial charge in [-0.1, -0.05) is 0 Å². The van der Waals surface area contributed by atoms with Gasteiger partial charge in [0, 0.05) is 11.6 Å². The molecule has 0 amide bonds. The number of aromatic nitrogens is 2. The molecule has 4 nitrogen and oxygen atoms in total. The van der Waals surface area contributed by atoms with E-state index in [1.807, 2.05) is 13.0 Å². The Balaban J connectivity index is 2.69. The summed E-state index contributed by atoms with van der Waals surface area (Å²) in [7, 11) is 0. The zero-order valence-corrected chi connectivity index (χ0v) is 8.30. The summed E-state index contributed by atoms with van der Waals surface area (Å²) in [4.78, 5) is 19.2. The van der Waals surface area contributed by atoms with E-state index >= 15 is 0 Å². The van der Waals surface area contributed by atoms with Gasteiger partial charge in [0.15, 0.2) is 11.9 Å². The molecule has 2 rings (SSSR count). The number of hydrogen-bond donors (Lipinski definition) is 0. The molecule has 0 N–H and O–H groups in total. The van der Waals surface area contributed by atoms with Gasteiger partial charge in [-0.25, -0.2) is 9.97 Å². The zero-order valence-electron chi connectivity index (χ0n) is 8.30. The molecule has 4 heteroatoms. The third kappa shape index (κ3) is 1.66. The van der Waals surface area contributed by atoms with Crippen LogP contribution in [-0.2, 0) is 0 Å². The van der Waals surface area contributed by atoms with Crippen LogP contribution in [0.2, 0.25) is 0 Å². The van der Waals surface area contributed by atoms with Gasteiger partial charge < -0.3 is 4.74 Å². The molecule has 76 valence electrons.